The van der Waals surface area contributed by atoms with Crippen LogP contribution in [-0.2, 0) is 23.5 Å². The molecule has 2 aromatic carbocycles. The first-order valence-electron chi connectivity index (χ1n) is 9.26. The van der Waals surface area contributed by atoms with Crippen LogP contribution in [0, 0.1) is 18.6 Å². The van der Waals surface area contributed by atoms with Gasteiger partial charge in [-0.25, -0.2) is 8.42 Å². The van der Waals surface area contributed by atoms with Crippen LogP contribution in [0.5, 0.6) is 0 Å². The predicted molar refractivity (Wildman–Crippen MR) is 118 cm³/mol. The summed E-state index contributed by atoms with van der Waals surface area (Å²) >= 11 is 5.07. The second-order valence-corrected chi connectivity index (χ2v) is 9.03. The van der Waals surface area contributed by atoms with E-state index >= 15 is 0 Å². The van der Waals surface area contributed by atoms with E-state index in [1.807, 2.05) is 19.1 Å². The van der Waals surface area contributed by atoms with Gasteiger partial charge in [-0.05, 0) is 55.9 Å². The molecule has 0 saturated carbocycles. The average molecular weight is 446 g/mol. The second-order valence-electron chi connectivity index (χ2n) is 6.96. The highest BCUT2D eigenvalue weighted by Gasteiger charge is 2.18. The molecule has 0 aliphatic heterocycles. The highest BCUT2D eigenvalue weighted by atomic mass is 32.2. The van der Waals surface area contributed by atoms with E-state index in [0.717, 1.165) is 11.4 Å². The third-order valence-corrected chi connectivity index (χ3v) is 6.42. The van der Waals surface area contributed by atoms with Gasteiger partial charge in [0.05, 0.1) is 4.90 Å². The maximum absolute atomic E-state index is 12.7. The summed E-state index contributed by atoms with van der Waals surface area (Å²) in [5.41, 5.74) is 2.47. The van der Waals surface area contributed by atoms with Gasteiger partial charge in [-0.15, -0.1) is 0 Å². The lowest BCUT2D eigenvalue weighted by Gasteiger charge is -2.12. The Morgan fingerprint density at radius 1 is 1.17 bits per heavy atom. The zero-order valence-corrected chi connectivity index (χ0v) is 18.5. The van der Waals surface area contributed by atoms with Crippen LogP contribution in [0.3, 0.4) is 0 Å². The Hall–Kier alpha value is -2.98. The first-order valence-corrected chi connectivity index (χ1v) is 11.1. The number of aryl methyl sites for hydroxylation is 2. The van der Waals surface area contributed by atoms with Crippen LogP contribution >= 0.6 is 12.2 Å². The van der Waals surface area contributed by atoms with E-state index < -0.39 is 10.0 Å². The molecule has 0 aliphatic rings. The largest absolute Gasteiger partial charge is 0.352 e. The van der Waals surface area contributed by atoms with Gasteiger partial charge in [-0.1, -0.05) is 23.8 Å². The van der Waals surface area contributed by atoms with Crippen molar-refractivity contribution in [1.29, 1.82) is 0 Å². The van der Waals surface area contributed by atoms with Crippen molar-refractivity contribution < 1.29 is 13.2 Å². The van der Waals surface area contributed by atoms with Gasteiger partial charge in [-0.3, -0.25) is 14.6 Å². The molecule has 0 fully saturated rings. The summed E-state index contributed by atoms with van der Waals surface area (Å²) in [5, 5.41) is 9.60. The summed E-state index contributed by atoms with van der Waals surface area (Å²) in [6.45, 7) is 4.02. The quantitative estimate of drug-likeness (QED) is 0.485. The monoisotopic (exact) mass is 445 g/mol. The first kappa shape index (κ1) is 21.7. The minimum atomic E-state index is -3.82. The number of hydrogen-bond acceptors (Lipinski definition) is 5. The van der Waals surface area contributed by atoms with E-state index in [1.165, 1.54) is 12.1 Å². The van der Waals surface area contributed by atoms with Gasteiger partial charge in [0.1, 0.15) is 5.82 Å². The fourth-order valence-corrected chi connectivity index (χ4v) is 4.07. The summed E-state index contributed by atoms with van der Waals surface area (Å²) in [5.74, 6) is 0.368. The van der Waals surface area contributed by atoms with Crippen LogP contribution in [0.4, 0.5) is 5.69 Å². The van der Waals surface area contributed by atoms with Crippen LogP contribution in [0.1, 0.15) is 27.3 Å². The van der Waals surface area contributed by atoms with Crippen LogP contribution in [0.2, 0.25) is 0 Å². The van der Waals surface area contributed by atoms with Crippen molar-refractivity contribution in [2.24, 2.45) is 7.05 Å². The smallest absolute Gasteiger partial charge is 0.261 e. The average Bonchev–Trinajstić information content (AvgIpc) is 3.02. The zero-order valence-electron chi connectivity index (χ0n) is 16.9. The van der Waals surface area contributed by atoms with Crippen LogP contribution in [0.15, 0.2) is 47.4 Å². The Kier molecular flexibility index (Phi) is 6.37. The third kappa shape index (κ3) is 4.95. The number of rotatable bonds is 7. The maximum atomic E-state index is 12.7. The molecule has 10 heteroatoms. The number of aromatic nitrogens is 3. The molecular weight excluding hydrogens is 422 g/mol. The number of carbonyl (C=O) groups is 1. The molecule has 3 rings (SSSR count). The highest BCUT2D eigenvalue weighted by molar-refractivity contribution is 7.92. The molecule has 0 radical (unpaired) electrons. The number of nitrogens with zero attached hydrogens (tertiary/aromatic N) is 2. The van der Waals surface area contributed by atoms with Gasteiger partial charge in [0.25, 0.3) is 15.9 Å². The molecule has 1 amide bonds. The van der Waals surface area contributed by atoms with Crippen LogP contribution in [-0.4, -0.2) is 35.6 Å². The predicted octanol–water partition coefficient (Wildman–Crippen LogP) is 2.87. The summed E-state index contributed by atoms with van der Waals surface area (Å²) in [6, 6.07) is 11.5. The number of benzene rings is 2. The van der Waals surface area contributed by atoms with Gasteiger partial charge >= 0.3 is 0 Å². The molecule has 0 atom stereocenters. The normalized spacial score (nSPS) is 11.3. The molecule has 30 heavy (non-hydrogen) atoms. The minimum absolute atomic E-state index is 0.0216. The molecule has 0 unspecified atom stereocenters. The summed E-state index contributed by atoms with van der Waals surface area (Å²) in [6.07, 6.45) is 0.487. The molecule has 3 aromatic rings. The van der Waals surface area contributed by atoms with E-state index in [2.05, 4.69) is 20.2 Å². The number of aromatic amines is 1. The molecule has 1 aromatic heterocycles. The molecule has 0 saturated heterocycles. The summed E-state index contributed by atoms with van der Waals surface area (Å²) in [7, 11) is -2.03. The highest BCUT2D eigenvalue weighted by Crippen LogP contribution is 2.20. The van der Waals surface area contributed by atoms with Crippen molar-refractivity contribution in [2.45, 2.75) is 25.2 Å². The SMILES string of the molecule is Cc1ccc(NS(=O)(=O)c2ccc(C)c(C(=O)NCCc3n[nH]c(=S)n3C)c2)cc1. The van der Waals surface area contributed by atoms with E-state index in [1.54, 1.807) is 36.7 Å². The molecule has 0 aliphatic carbocycles. The van der Waals surface area contributed by atoms with Gasteiger partial charge in [-0.2, -0.15) is 5.10 Å². The fourth-order valence-electron chi connectivity index (χ4n) is 2.83. The summed E-state index contributed by atoms with van der Waals surface area (Å²) in [4.78, 5) is 12.7. The van der Waals surface area contributed by atoms with Crippen molar-refractivity contribution in [3.8, 4) is 0 Å². The van der Waals surface area contributed by atoms with Crippen LogP contribution in [0.25, 0.3) is 0 Å². The third-order valence-electron chi connectivity index (χ3n) is 4.67. The van der Waals surface area contributed by atoms with E-state index in [4.69, 9.17) is 12.2 Å². The lowest BCUT2D eigenvalue weighted by atomic mass is 10.1. The van der Waals surface area contributed by atoms with Crippen molar-refractivity contribution in [3.05, 3.63) is 69.8 Å². The molecule has 0 bridgehead atoms. The van der Waals surface area contributed by atoms with E-state index in [-0.39, 0.29) is 10.8 Å². The standard InChI is InChI=1S/C20H23N5O3S2/c1-13-4-7-15(8-5-13)24-30(27,28)16-9-6-14(2)17(12-16)19(26)21-11-10-18-22-23-20(29)25(18)3/h4-9,12,24H,10-11H2,1-3H3,(H,21,26)(H,23,29). The number of sulfonamides is 1. The number of anilines is 1. The Balaban J connectivity index is 1.73. The topological polar surface area (TPSA) is 109 Å². The molecule has 3 N–H and O–H groups in total. The Morgan fingerprint density at radius 3 is 2.50 bits per heavy atom. The van der Waals surface area contributed by atoms with E-state index in [9.17, 15) is 13.2 Å². The number of hydrogen-bond donors (Lipinski definition) is 3. The van der Waals surface area contributed by atoms with Crippen LogP contribution < -0.4 is 10.0 Å². The number of carbonyl (C=O) groups excluding carboxylic acids is 1. The van der Waals surface area contributed by atoms with Crippen molar-refractivity contribution in [3.63, 3.8) is 0 Å². The fraction of sp³-hybridized carbons (Fsp3) is 0.250. The second kappa shape index (κ2) is 8.80. The molecule has 8 nitrogen and oxygen atoms in total. The van der Waals surface area contributed by atoms with Crippen molar-refractivity contribution >= 4 is 33.8 Å². The molecular formula is C20H23N5O3S2. The minimum Gasteiger partial charge on any atom is -0.352 e. The van der Waals surface area contributed by atoms with Gasteiger partial charge in [0.2, 0.25) is 0 Å². The summed E-state index contributed by atoms with van der Waals surface area (Å²) < 4.78 is 30.3. The van der Waals surface area contributed by atoms with Gasteiger partial charge in [0, 0.05) is 31.3 Å². The number of nitrogens with one attached hydrogen (secondary N) is 3. The Morgan fingerprint density at radius 2 is 1.87 bits per heavy atom. The van der Waals surface area contributed by atoms with Crippen molar-refractivity contribution in [2.75, 3.05) is 11.3 Å². The maximum Gasteiger partial charge on any atom is 0.261 e. The number of H-pyrrole nitrogens is 1. The van der Waals surface area contributed by atoms with Gasteiger partial charge in [0.15, 0.2) is 4.77 Å². The van der Waals surface area contributed by atoms with E-state index in [0.29, 0.717) is 34.6 Å². The van der Waals surface area contributed by atoms with Crippen molar-refractivity contribution in [1.82, 2.24) is 20.1 Å². The molecule has 0 spiro atoms. The Labute approximate surface area is 180 Å². The molecule has 1 heterocycles. The molecule has 158 valence electrons. The first-order chi connectivity index (χ1) is 14.2. The lowest BCUT2D eigenvalue weighted by molar-refractivity contribution is 0.0953. The lowest BCUT2D eigenvalue weighted by Crippen LogP contribution is -2.27. The Bertz CT molecular complexity index is 1230. The van der Waals surface area contributed by atoms with Gasteiger partial charge < -0.3 is 9.88 Å². The zero-order chi connectivity index (χ0) is 21.9. The number of amides is 1.